The second kappa shape index (κ2) is 7.19. The average molecular weight is 453 g/mol. The lowest BCUT2D eigenvalue weighted by Crippen LogP contribution is -2.34. The number of fused-ring (bicyclic) bond motifs is 3. The summed E-state index contributed by atoms with van der Waals surface area (Å²) in [7, 11) is 1.65. The van der Waals surface area contributed by atoms with Crippen LogP contribution in [0.25, 0.3) is 0 Å². The van der Waals surface area contributed by atoms with Crippen LogP contribution in [0.3, 0.4) is 0 Å². The molecule has 29 heavy (non-hydrogen) atoms. The molecule has 0 aliphatic carbocycles. The van der Waals surface area contributed by atoms with Crippen molar-refractivity contribution in [3.05, 3.63) is 93.7 Å². The van der Waals surface area contributed by atoms with E-state index in [-0.39, 0.29) is 11.9 Å². The molecular formula is C23H18BrFN2O2. The average Bonchev–Trinajstić information content (AvgIpc) is 3.20. The fraction of sp³-hybridized carbons (Fsp3) is 0.174. The molecule has 3 aromatic carbocycles. The lowest BCUT2D eigenvalue weighted by atomic mass is 9.96. The van der Waals surface area contributed by atoms with Crippen molar-refractivity contribution in [3.63, 3.8) is 0 Å². The van der Waals surface area contributed by atoms with Gasteiger partial charge in [0, 0.05) is 16.5 Å². The van der Waals surface area contributed by atoms with Crippen LogP contribution in [0.1, 0.15) is 35.4 Å². The van der Waals surface area contributed by atoms with E-state index in [0.717, 1.165) is 32.8 Å². The Hall–Kier alpha value is -2.86. The molecule has 2 heterocycles. The summed E-state index contributed by atoms with van der Waals surface area (Å²) in [5.41, 5.74) is 3.48. The van der Waals surface area contributed by atoms with Gasteiger partial charge in [0.25, 0.3) is 0 Å². The highest BCUT2D eigenvalue weighted by Crippen LogP contribution is 2.48. The number of halogens is 2. The molecule has 5 rings (SSSR count). The second-order valence-electron chi connectivity index (χ2n) is 7.05. The summed E-state index contributed by atoms with van der Waals surface area (Å²) >= 11 is 3.55. The normalized spacial score (nSPS) is 19.8. The SMILES string of the molecule is COc1ccc(C2=NN3C(C2)c2cc(Br)ccc2OC3c2ccccc2F)cc1. The number of benzene rings is 3. The van der Waals surface area contributed by atoms with Crippen molar-refractivity contribution in [1.29, 1.82) is 0 Å². The Bertz CT molecular complexity index is 1100. The van der Waals surface area contributed by atoms with Gasteiger partial charge in [-0.3, -0.25) is 0 Å². The number of hydrogen-bond acceptors (Lipinski definition) is 4. The van der Waals surface area contributed by atoms with Gasteiger partial charge in [-0.1, -0.05) is 34.1 Å². The minimum atomic E-state index is -0.620. The van der Waals surface area contributed by atoms with E-state index in [0.29, 0.717) is 12.0 Å². The van der Waals surface area contributed by atoms with Crippen molar-refractivity contribution in [3.8, 4) is 11.5 Å². The molecule has 0 N–H and O–H groups in total. The fourth-order valence-electron chi connectivity index (χ4n) is 3.90. The van der Waals surface area contributed by atoms with Crippen molar-refractivity contribution in [2.45, 2.75) is 18.7 Å². The summed E-state index contributed by atoms with van der Waals surface area (Å²) in [5.74, 6) is 1.26. The quantitative estimate of drug-likeness (QED) is 0.500. The predicted octanol–water partition coefficient (Wildman–Crippen LogP) is 5.84. The van der Waals surface area contributed by atoms with Crippen molar-refractivity contribution in [2.75, 3.05) is 7.11 Å². The minimum absolute atomic E-state index is 0.0297. The zero-order chi connectivity index (χ0) is 20.0. The van der Waals surface area contributed by atoms with E-state index in [1.54, 1.807) is 19.2 Å². The molecule has 4 nitrogen and oxygen atoms in total. The maximum atomic E-state index is 14.6. The lowest BCUT2D eigenvalue weighted by Gasteiger charge is -2.38. The Morgan fingerprint density at radius 3 is 2.62 bits per heavy atom. The molecule has 0 saturated carbocycles. The first kappa shape index (κ1) is 18.2. The zero-order valence-electron chi connectivity index (χ0n) is 15.7. The molecule has 2 atom stereocenters. The molecule has 0 amide bonds. The van der Waals surface area contributed by atoms with Crippen molar-refractivity contribution >= 4 is 21.6 Å². The molecule has 6 heteroatoms. The van der Waals surface area contributed by atoms with Gasteiger partial charge in [-0.2, -0.15) is 5.10 Å². The van der Waals surface area contributed by atoms with Gasteiger partial charge in [-0.15, -0.1) is 0 Å². The van der Waals surface area contributed by atoms with Gasteiger partial charge in [0.05, 0.1) is 24.4 Å². The molecule has 0 bridgehead atoms. The van der Waals surface area contributed by atoms with E-state index in [9.17, 15) is 4.39 Å². The van der Waals surface area contributed by atoms with Crippen molar-refractivity contribution in [2.24, 2.45) is 5.10 Å². The Balaban J connectivity index is 1.59. The van der Waals surface area contributed by atoms with Crippen LogP contribution < -0.4 is 9.47 Å². The zero-order valence-corrected chi connectivity index (χ0v) is 17.3. The molecule has 0 spiro atoms. The molecule has 2 aliphatic heterocycles. The van der Waals surface area contributed by atoms with Crippen LogP contribution in [0.15, 0.2) is 76.3 Å². The summed E-state index contributed by atoms with van der Waals surface area (Å²) in [6.45, 7) is 0. The molecule has 2 unspecified atom stereocenters. The highest BCUT2D eigenvalue weighted by atomic mass is 79.9. The van der Waals surface area contributed by atoms with E-state index in [4.69, 9.17) is 14.6 Å². The standard InChI is InChI=1S/C23H18BrFN2O2/c1-28-16-9-6-14(7-10-16)20-13-21-18-12-15(24)8-11-22(18)29-23(27(21)26-20)17-4-2-3-5-19(17)25/h2-12,21,23H,13H2,1H3. The van der Waals surface area contributed by atoms with Gasteiger partial charge >= 0.3 is 0 Å². The molecule has 2 aliphatic rings. The number of hydrazone groups is 1. The lowest BCUT2D eigenvalue weighted by molar-refractivity contribution is -0.0212. The van der Waals surface area contributed by atoms with Crippen LogP contribution in [0.4, 0.5) is 4.39 Å². The third kappa shape index (κ3) is 3.17. The maximum absolute atomic E-state index is 14.6. The van der Waals surface area contributed by atoms with E-state index >= 15 is 0 Å². The first-order valence-corrected chi connectivity index (χ1v) is 10.1. The molecule has 0 aromatic heterocycles. The number of methoxy groups -OCH3 is 1. The molecule has 3 aromatic rings. The third-order valence-electron chi connectivity index (χ3n) is 5.35. The van der Waals surface area contributed by atoms with Crippen molar-refractivity contribution < 1.29 is 13.9 Å². The van der Waals surface area contributed by atoms with Crippen LogP contribution in [-0.2, 0) is 0 Å². The Morgan fingerprint density at radius 2 is 1.86 bits per heavy atom. The first-order valence-electron chi connectivity index (χ1n) is 9.35. The summed E-state index contributed by atoms with van der Waals surface area (Å²) in [5, 5.41) is 6.75. The van der Waals surface area contributed by atoms with Gasteiger partial charge < -0.3 is 9.47 Å². The van der Waals surface area contributed by atoms with Crippen LogP contribution in [0.5, 0.6) is 11.5 Å². The van der Waals surface area contributed by atoms with Crippen LogP contribution in [0.2, 0.25) is 0 Å². The van der Waals surface area contributed by atoms with Gasteiger partial charge in [-0.05, 0) is 54.1 Å². The Labute approximate surface area is 176 Å². The molecule has 0 fully saturated rings. The van der Waals surface area contributed by atoms with Gasteiger partial charge in [-0.25, -0.2) is 9.40 Å². The highest BCUT2D eigenvalue weighted by Gasteiger charge is 2.41. The largest absolute Gasteiger partial charge is 0.497 e. The number of ether oxygens (including phenoxy) is 2. The van der Waals surface area contributed by atoms with Crippen LogP contribution >= 0.6 is 15.9 Å². The Morgan fingerprint density at radius 1 is 1.07 bits per heavy atom. The molecule has 146 valence electrons. The van der Waals surface area contributed by atoms with Crippen LogP contribution in [0, 0.1) is 5.82 Å². The highest BCUT2D eigenvalue weighted by molar-refractivity contribution is 9.10. The second-order valence-corrected chi connectivity index (χ2v) is 7.96. The number of nitrogens with zero attached hydrogens (tertiary/aromatic N) is 2. The molecule has 0 saturated heterocycles. The topological polar surface area (TPSA) is 34.1 Å². The molecular weight excluding hydrogens is 435 g/mol. The Kier molecular flexibility index (Phi) is 4.51. The van der Waals surface area contributed by atoms with E-state index < -0.39 is 6.23 Å². The fourth-order valence-corrected chi connectivity index (χ4v) is 4.28. The summed E-state index contributed by atoms with van der Waals surface area (Å²) in [6, 6.07) is 20.4. The van der Waals surface area contributed by atoms with E-state index in [1.165, 1.54) is 6.07 Å². The van der Waals surface area contributed by atoms with Gasteiger partial charge in [0.1, 0.15) is 17.3 Å². The first-order chi connectivity index (χ1) is 14.1. The third-order valence-corrected chi connectivity index (χ3v) is 5.84. The monoisotopic (exact) mass is 452 g/mol. The predicted molar refractivity (Wildman–Crippen MR) is 113 cm³/mol. The summed E-state index contributed by atoms with van der Waals surface area (Å²) in [4.78, 5) is 0. The van der Waals surface area contributed by atoms with Crippen molar-refractivity contribution in [1.82, 2.24) is 5.01 Å². The summed E-state index contributed by atoms with van der Waals surface area (Å²) in [6.07, 6.45) is 0.0926. The van der Waals surface area contributed by atoms with Gasteiger partial charge in [0.2, 0.25) is 6.23 Å². The van der Waals surface area contributed by atoms with Gasteiger partial charge in [0.15, 0.2) is 0 Å². The number of rotatable bonds is 3. The van der Waals surface area contributed by atoms with E-state index in [1.807, 2.05) is 47.5 Å². The summed E-state index contributed by atoms with van der Waals surface area (Å²) < 4.78 is 27.1. The molecule has 0 radical (unpaired) electrons. The van der Waals surface area contributed by atoms with E-state index in [2.05, 4.69) is 22.0 Å². The number of hydrogen-bond donors (Lipinski definition) is 0. The maximum Gasteiger partial charge on any atom is 0.216 e. The van der Waals surface area contributed by atoms with Crippen LogP contribution in [-0.4, -0.2) is 17.8 Å². The smallest absolute Gasteiger partial charge is 0.216 e. The minimum Gasteiger partial charge on any atom is -0.497 e.